The summed E-state index contributed by atoms with van der Waals surface area (Å²) >= 11 is 0. The van der Waals surface area contributed by atoms with Crippen LogP contribution in [0.5, 0.6) is 0 Å². The van der Waals surface area contributed by atoms with E-state index in [0.29, 0.717) is 5.56 Å². The van der Waals surface area contributed by atoms with Crippen LogP contribution in [0.25, 0.3) is 0 Å². The van der Waals surface area contributed by atoms with Crippen LogP contribution in [0.3, 0.4) is 0 Å². The van der Waals surface area contributed by atoms with E-state index in [1.807, 2.05) is 19.2 Å². The molecule has 0 aliphatic heterocycles. The maximum atomic E-state index is 11.8. The monoisotopic (exact) mass is 305 g/mol. The van der Waals surface area contributed by atoms with E-state index in [2.05, 4.69) is 32.3 Å². The number of rotatable bonds is 6. The second-order valence-electron chi connectivity index (χ2n) is 5.78. The Bertz CT molecular complexity index is 529. The summed E-state index contributed by atoms with van der Waals surface area (Å²) in [6, 6.07) is 7.18. The summed E-state index contributed by atoms with van der Waals surface area (Å²) in [4.78, 5) is 24.8. The number of esters is 2. The molecule has 0 aliphatic rings. The zero-order valence-electron chi connectivity index (χ0n) is 13.6. The number of benzene rings is 1. The van der Waals surface area contributed by atoms with Gasteiger partial charge in [-0.1, -0.05) is 6.58 Å². The van der Waals surface area contributed by atoms with Crippen molar-refractivity contribution in [1.82, 2.24) is 0 Å². The SMILES string of the molecule is C=CC(=O)OCCOC(=O)c1ccc(N(C)C(C)(C)C)cc1. The number of ether oxygens (including phenoxy) is 2. The fraction of sp³-hybridized carbons (Fsp3) is 0.412. The summed E-state index contributed by atoms with van der Waals surface area (Å²) in [5.74, 6) is -0.981. The van der Waals surface area contributed by atoms with Crippen molar-refractivity contribution >= 4 is 17.6 Å². The van der Waals surface area contributed by atoms with E-state index in [9.17, 15) is 9.59 Å². The molecule has 0 heterocycles. The fourth-order valence-corrected chi connectivity index (χ4v) is 1.63. The molecule has 1 aromatic rings. The molecule has 0 aliphatic carbocycles. The molecule has 0 amide bonds. The molecule has 0 N–H and O–H groups in total. The maximum Gasteiger partial charge on any atom is 0.338 e. The Balaban J connectivity index is 2.54. The van der Waals surface area contributed by atoms with E-state index in [1.165, 1.54) is 0 Å². The van der Waals surface area contributed by atoms with E-state index in [-0.39, 0.29) is 18.8 Å². The molecule has 0 atom stereocenters. The third kappa shape index (κ3) is 5.24. The van der Waals surface area contributed by atoms with Gasteiger partial charge in [0.05, 0.1) is 5.56 Å². The minimum atomic E-state index is -0.536. The van der Waals surface area contributed by atoms with Crippen LogP contribution >= 0.6 is 0 Å². The molecule has 0 bridgehead atoms. The Morgan fingerprint density at radius 3 is 2.18 bits per heavy atom. The van der Waals surface area contributed by atoms with Crippen LogP contribution in [0.1, 0.15) is 31.1 Å². The fourth-order valence-electron chi connectivity index (χ4n) is 1.63. The van der Waals surface area contributed by atoms with Crippen molar-refractivity contribution in [2.45, 2.75) is 26.3 Å². The molecule has 1 rings (SSSR count). The molecular formula is C17H23NO4. The average Bonchev–Trinajstić information content (AvgIpc) is 2.49. The molecule has 0 aromatic heterocycles. The van der Waals surface area contributed by atoms with Crippen molar-refractivity contribution in [2.24, 2.45) is 0 Å². The second-order valence-corrected chi connectivity index (χ2v) is 5.78. The number of nitrogens with zero attached hydrogens (tertiary/aromatic N) is 1. The van der Waals surface area contributed by atoms with Crippen molar-refractivity contribution in [3.8, 4) is 0 Å². The lowest BCUT2D eigenvalue weighted by molar-refractivity contribution is -0.138. The molecule has 120 valence electrons. The zero-order valence-corrected chi connectivity index (χ0v) is 13.6. The van der Waals surface area contributed by atoms with Crippen LogP contribution < -0.4 is 4.90 Å². The highest BCUT2D eigenvalue weighted by atomic mass is 16.6. The van der Waals surface area contributed by atoms with Gasteiger partial charge in [0.1, 0.15) is 13.2 Å². The minimum absolute atomic E-state index is 0.00292. The topological polar surface area (TPSA) is 55.8 Å². The molecule has 22 heavy (non-hydrogen) atoms. The predicted octanol–water partition coefficient (Wildman–Crippen LogP) is 2.81. The molecule has 1 aromatic carbocycles. The Hall–Kier alpha value is -2.30. The van der Waals surface area contributed by atoms with Crippen LogP contribution in [0, 0.1) is 0 Å². The van der Waals surface area contributed by atoms with Gasteiger partial charge in [-0.05, 0) is 45.0 Å². The smallest absolute Gasteiger partial charge is 0.338 e. The normalized spacial score (nSPS) is 10.7. The van der Waals surface area contributed by atoms with Gasteiger partial charge in [-0.2, -0.15) is 0 Å². The zero-order chi connectivity index (χ0) is 16.8. The lowest BCUT2D eigenvalue weighted by Gasteiger charge is -2.34. The minimum Gasteiger partial charge on any atom is -0.459 e. The van der Waals surface area contributed by atoms with Gasteiger partial charge in [-0.15, -0.1) is 0 Å². The highest BCUT2D eigenvalue weighted by molar-refractivity contribution is 5.89. The van der Waals surface area contributed by atoms with Crippen molar-refractivity contribution < 1.29 is 19.1 Å². The Labute approximate surface area is 131 Å². The lowest BCUT2D eigenvalue weighted by Crippen LogP contribution is -2.37. The molecular weight excluding hydrogens is 282 g/mol. The number of hydrogen-bond donors (Lipinski definition) is 0. The van der Waals surface area contributed by atoms with Crippen LogP contribution in [-0.2, 0) is 14.3 Å². The lowest BCUT2D eigenvalue weighted by atomic mass is 10.1. The molecule has 0 spiro atoms. The van der Waals surface area contributed by atoms with Gasteiger partial charge >= 0.3 is 11.9 Å². The molecule has 0 saturated carbocycles. The summed E-state index contributed by atoms with van der Waals surface area (Å²) < 4.78 is 9.75. The first-order chi connectivity index (χ1) is 10.3. The summed E-state index contributed by atoms with van der Waals surface area (Å²) in [5.41, 5.74) is 1.47. The van der Waals surface area contributed by atoms with Gasteiger partial charge in [-0.25, -0.2) is 9.59 Å². The third-order valence-electron chi connectivity index (χ3n) is 3.22. The van der Waals surface area contributed by atoms with Crippen LogP contribution in [0.15, 0.2) is 36.9 Å². The molecule has 0 unspecified atom stereocenters. The van der Waals surface area contributed by atoms with Gasteiger partial charge in [0, 0.05) is 24.4 Å². The third-order valence-corrected chi connectivity index (χ3v) is 3.22. The Morgan fingerprint density at radius 2 is 1.68 bits per heavy atom. The van der Waals surface area contributed by atoms with E-state index >= 15 is 0 Å². The van der Waals surface area contributed by atoms with Crippen LogP contribution in [0.2, 0.25) is 0 Å². The van der Waals surface area contributed by atoms with E-state index in [4.69, 9.17) is 9.47 Å². The quantitative estimate of drug-likeness (QED) is 0.459. The number of carbonyl (C=O) groups is 2. The largest absolute Gasteiger partial charge is 0.459 e. The average molecular weight is 305 g/mol. The first kappa shape index (κ1) is 17.8. The van der Waals surface area contributed by atoms with Gasteiger partial charge in [0.25, 0.3) is 0 Å². The van der Waals surface area contributed by atoms with E-state index < -0.39 is 11.9 Å². The summed E-state index contributed by atoms with van der Waals surface area (Å²) in [5, 5.41) is 0. The Kier molecular flexibility index (Phi) is 6.16. The molecule has 5 heteroatoms. The standard InChI is InChI=1S/C17H23NO4/c1-6-15(19)21-11-12-22-16(20)13-7-9-14(10-8-13)18(5)17(2,3)4/h6-10H,1,11-12H2,2-5H3. The van der Waals surface area contributed by atoms with E-state index in [1.54, 1.807) is 12.1 Å². The van der Waals surface area contributed by atoms with Crippen LogP contribution in [-0.4, -0.2) is 37.7 Å². The van der Waals surface area contributed by atoms with Gasteiger partial charge < -0.3 is 14.4 Å². The highest BCUT2D eigenvalue weighted by Crippen LogP contribution is 2.22. The molecule has 5 nitrogen and oxygen atoms in total. The van der Waals surface area contributed by atoms with Crippen molar-refractivity contribution in [3.05, 3.63) is 42.5 Å². The number of carbonyl (C=O) groups excluding carboxylic acids is 2. The van der Waals surface area contributed by atoms with E-state index in [0.717, 1.165) is 11.8 Å². The van der Waals surface area contributed by atoms with Gasteiger partial charge in [0.15, 0.2) is 0 Å². The van der Waals surface area contributed by atoms with Crippen molar-refractivity contribution in [3.63, 3.8) is 0 Å². The predicted molar refractivity (Wildman–Crippen MR) is 86.0 cm³/mol. The first-order valence-electron chi connectivity index (χ1n) is 7.06. The maximum absolute atomic E-state index is 11.8. The second kappa shape index (κ2) is 7.64. The first-order valence-corrected chi connectivity index (χ1v) is 7.06. The number of anilines is 1. The Morgan fingerprint density at radius 1 is 1.14 bits per heavy atom. The summed E-state index contributed by atoms with van der Waals surface area (Å²) in [6.45, 7) is 9.64. The van der Waals surface area contributed by atoms with Crippen molar-refractivity contribution in [2.75, 3.05) is 25.2 Å². The summed E-state index contributed by atoms with van der Waals surface area (Å²) in [7, 11) is 2.00. The molecule has 0 saturated heterocycles. The van der Waals surface area contributed by atoms with Gasteiger partial charge in [-0.3, -0.25) is 0 Å². The number of hydrogen-bond acceptors (Lipinski definition) is 5. The van der Waals surface area contributed by atoms with Gasteiger partial charge in [0.2, 0.25) is 0 Å². The molecule has 0 fully saturated rings. The molecule has 0 radical (unpaired) electrons. The highest BCUT2D eigenvalue weighted by Gasteiger charge is 2.17. The summed E-state index contributed by atoms with van der Waals surface area (Å²) in [6.07, 6.45) is 1.06. The van der Waals surface area contributed by atoms with Crippen LogP contribution in [0.4, 0.5) is 5.69 Å². The van der Waals surface area contributed by atoms with Crippen molar-refractivity contribution in [1.29, 1.82) is 0 Å².